The Kier molecular flexibility index (Phi) is 5.60. The summed E-state index contributed by atoms with van der Waals surface area (Å²) in [7, 11) is 0. The van der Waals surface area contributed by atoms with Crippen molar-refractivity contribution in [2.75, 3.05) is 51.4 Å². The number of anilines is 1. The maximum absolute atomic E-state index is 12.1. The molecule has 1 aromatic rings. The molecular formula is C17H23N3O5. The Bertz CT molecular complexity index is 629. The van der Waals surface area contributed by atoms with Gasteiger partial charge in [0.1, 0.15) is 0 Å². The highest BCUT2D eigenvalue weighted by Crippen LogP contribution is 2.34. The molecule has 0 aromatic heterocycles. The predicted molar refractivity (Wildman–Crippen MR) is 90.8 cm³/mol. The molecule has 2 aliphatic rings. The number of hydrogen-bond donors (Lipinski definition) is 1. The number of amides is 2. The minimum absolute atomic E-state index is 0.0494. The van der Waals surface area contributed by atoms with Crippen molar-refractivity contribution in [3.63, 3.8) is 0 Å². The molecule has 2 amide bonds. The van der Waals surface area contributed by atoms with Crippen molar-refractivity contribution in [1.82, 2.24) is 9.80 Å². The van der Waals surface area contributed by atoms with Crippen molar-refractivity contribution in [2.45, 2.75) is 13.3 Å². The smallest absolute Gasteiger partial charge is 0.409 e. The van der Waals surface area contributed by atoms with Gasteiger partial charge in [-0.3, -0.25) is 9.69 Å². The number of piperazine rings is 1. The van der Waals surface area contributed by atoms with E-state index in [-0.39, 0.29) is 18.8 Å². The third-order valence-corrected chi connectivity index (χ3v) is 4.21. The second-order valence-corrected chi connectivity index (χ2v) is 5.89. The van der Waals surface area contributed by atoms with E-state index in [0.29, 0.717) is 49.8 Å². The van der Waals surface area contributed by atoms with Crippen LogP contribution in [0.3, 0.4) is 0 Å². The van der Waals surface area contributed by atoms with Gasteiger partial charge >= 0.3 is 6.09 Å². The number of nitrogens with one attached hydrogen (secondary N) is 1. The normalized spacial score (nSPS) is 16.6. The highest BCUT2D eigenvalue weighted by Gasteiger charge is 2.22. The third-order valence-electron chi connectivity index (χ3n) is 4.21. The average molecular weight is 349 g/mol. The molecule has 1 aromatic carbocycles. The molecule has 0 bridgehead atoms. The number of rotatable bonds is 5. The lowest BCUT2D eigenvalue weighted by atomic mass is 10.2. The minimum atomic E-state index is -0.261. The monoisotopic (exact) mass is 349 g/mol. The summed E-state index contributed by atoms with van der Waals surface area (Å²) in [5.74, 6) is 1.29. The van der Waals surface area contributed by atoms with Gasteiger partial charge in [0.2, 0.25) is 12.7 Å². The fraction of sp³-hybridized carbons (Fsp3) is 0.529. The van der Waals surface area contributed by atoms with Crippen molar-refractivity contribution in [1.29, 1.82) is 0 Å². The van der Waals surface area contributed by atoms with Gasteiger partial charge in [0.05, 0.1) is 6.61 Å². The molecule has 8 nitrogen and oxygen atoms in total. The summed E-state index contributed by atoms with van der Waals surface area (Å²) in [5.41, 5.74) is 0.696. The topological polar surface area (TPSA) is 80.3 Å². The lowest BCUT2D eigenvalue weighted by Crippen LogP contribution is -2.49. The Morgan fingerprint density at radius 2 is 1.92 bits per heavy atom. The SMILES string of the molecule is CCOC(=O)N1CCN(CCC(=O)Nc2ccc3c(c2)OCO3)CC1. The molecule has 0 radical (unpaired) electrons. The number of nitrogens with zero attached hydrogens (tertiary/aromatic N) is 2. The van der Waals surface area contributed by atoms with Crippen LogP contribution in [0.15, 0.2) is 18.2 Å². The minimum Gasteiger partial charge on any atom is -0.454 e. The zero-order valence-corrected chi connectivity index (χ0v) is 14.3. The van der Waals surface area contributed by atoms with Crippen LogP contribution in [0.4, 0.5) is 10.5 Å². The van der Waals surface area contributed by atoms with E-state index in [1.165, 1.54) is 0 Å². The number of hydrogen-bond acceptors (Lipinski definition) is 6. The van der Waals surface area contributed by atoms with Gasteiger partial charge in [0, 0.05) is 50.9 Å². The number of carbonyl (C=O) groups is 2. The summed E-state index contributed by atoms with van der Waals surface area (Å²) in [5, 5.41) is 2.87. The largest absolute Gasteiger partial charge is 0.454 e. The van der Waals surface area contributed by atoms with E-state index < -0.39 is 0 Å². The highest BCUT2D eigenvalue weighted by molar-refractivity contribution is 5.91. The molecular weight excluding hydrogens is 326 g/mol. The summed E-state index contributed by atoms with van der Waals surface area (Å²) >= 11 is 0. The second kappa shape index (κ2) is 8.06. The zero-order chi connectivity index (χ0) is 17.6. The molecule has 2 aliphatic heterocycles. The maximum atomic E-state index is 12.1. The molecule has 0 spiro atoms. The van der Waals surface area contributed by atoms with Crippen LogP contribution in [0.5, 0.6) is 11.5 Å². The lowest BCUT2D eigenvalue weighted by Gasteiger charge is -2.33. The number of benzene rings is 1. The van der Waals surface area contributed by atoms with Gasteiger partial charge in [0.15, 0.2) is 11.5 Å². The molecule has 1 saturated heterocycles. The van der Waals surface area contributed by atoms with Crippen molar-refractivity contribution in [3.8, 4) is 11.5 Å². The molecule has 8 heteroatoms. The molecule has 3 rings (SSSR count). The Hall–Kier alpha value is -2.48. The fourth-order valence-electron chi connectivity index (χ4n) is 2.83. The first-order valence-corrected chi connectivity index (χ1v) is 8.49. The van der Waals surface area contributed by atoms with Gasteiger partial charge in [-0.15, -0.1) is 0 Å². The van der Waals surface area contributed by atoms with Crippen LogP contribution < -0.4 is 14.8 Å². The van der Waals surface area contributed by atoms with Crippen molar-refractivity contribution in [2.24, 2.45) is 0 Å². The first-order valence-electron chi connectivity index (χ1n) is 8.49. The first kappa shape index (κ1) is 17.3. The van der Waals surface area contributed by atoms with Crippen molar-refractivity contribution >= 4 is 17.7 Å². The highest BCUT2D eigenvalue weighted by atomic mass is 16.7. The molecule has 0 atom stereocenters. The van der Waals surface area contributed by atoms with Crippen LogP contribution >= 0.6 is 0 Å². The van der Waals surface area contributed by atoms with E-state index in [1.807, 2.05) is 0 Å². The summed E-state index contributed by atoms with van der Waals surface area (Å²) < 4.78 is 15.5. The Labute approximate surface area is 146 Å². The van der Waals surface area contributed by atoms with Gasteiger partial charge in [0.25, 0.3) is 0 Å². The Morgan fingerprint density at radius 3 is 2.68 bits per heavy atom. The number of ether oxygens (including phenoxy) is 3. The summed E-state index contributed by atoms with van der Waals surface area (Å²) in [6.45, 7) is 5.81. The molecule has 0 saturated carbocycles. The molecule has 2 heterocycles. The molecule has 136 valence electrons. The van der Waals surface area contributed by atoms with E-state index >= 15 is 0 Å². The first-order chi connectivity index (χ1) is 12.2. The van der Waals surface area contributed by atoms with Crippen LogP contribution in [0.25, 0.3) is 0 Å². The molecule has 1 N–H and O–H groups in total. The fourth-order valence-corrected chi connectivity index (χ4v) is 2.83. The van der Waals surface area contributed by atoms with E-state index in [4.69, 9.17) is 14.2 Å². The van der Waals surface area contributed by atoms with Crippen LogP contribution in [0.2, 0.25) is 0 Å². The number of carbonyl (C=O) groups excluding carboxylic acids is 2. The molecule has 25 heavy (non-hydrogen) atoms. The van der Waals surface area contributed by atoms with Crippen LogP contribution in [0, 0.1) is 0 Å². The van der Waals surface area contributed by atoms with Crippen LogP contribution in [-0.2, 0) is 9.53 Å². The van der Waals surface area contributed by atoms with Crippen LogP contribution in [0.1, 0.15) is 13.3 Å². The van der Waals surface area contributed by atoms with Gasteiger partial charge in [-0.2, -0.15) is 0 Å². The van der Waals surface area contributed by atoms with E-state index in [0.717, 1.165) is 13.1 Å². The Morgan fingerprint density at radius 1 is 1.16 bits per heavy atom. The zero-order valence-electron chi connectivity index (χ0n) is 14.3. The van der Waals surface area contributed by atoms with Crippen LogP contribution in [-0.4, -0.2) is 67.9 Å². The molecule has 0 unspecified atom stereocenters. The quantitative estimate of drug-likeness (QED) is 0.868. The van der Waals surface area contributed by atoms with Gasteiger partial charge in [-0.1, -0.05) is 0 Å². The van der Waals surface area contributed by atoms with E-state index in [2.05, 4.69) is 10.2 Å². The van der Waals surface area contributed by atoms with Crippen molar-refractivity contribution in [3.05, 3.63) is 18.2 Å². The maximum Gasteiger partial charge on any atom is 0.409 e. The standard InChI is InChI=1S/C17H23N3O5/c1-2-23-17(22)20-9-7-19(8-10-20)6-5-16(21)18-13-3-4-14-15(11-13)25-12-24-14/h3-4,11H,2,5-10,12H2,1H3,(H,18,21). The summed E-state index contributed by atoms with van der Waals surface area (Å²) in [6.07, 6.45) is 0.135. The third kappa shape index (κ3) is 4.54. The molecule has 1 fully saturated rings. The predicted octanol–water partition coefficient (Wildman–Crippen LogP) is 1.52. The number of fused-ring (bicyclic) bond motifs is 1. The lowest BCUT2D eigenvalue weighted by molar-refractivity contribution is -0.116. The molecule has 0 aliphatic carbocycles. The van der Waals surface area contributed by atoms with Gasteiger partial charge < -0.3 is 24.4 Å². The average Bonchev–Trinajstić information content (AvgIpc) is 3.08. The van der Waals surface area contributed by atoms with E-state index in [9.17, 15) is 9.59 Å². The van der Waals surface area contributed by atoms with Gasteiger partial charge in [-0.05, 0) is 19.1 Å². The Balaban J connectivity index is 1.39. The summed E-state index contributed by atoms with van der Waals surface area (Å²) in [4.78, 5) is 27.7. The van der Waals surface area contributed by atoms with E-state index in [1.54, 1.807) is 30.0 Å². The second-order valence-electron chi connectivity index (χ2n) is 5.89. The van der Waals surface area contributed by atoms with Crippen molar-refractivity contribution < 1.29 is 23.8 Å². The van der Waals surface area contributed by atoms with Gasteiger partial charge in [-0.25, -0.2) is 4.79 Å². The summed E-state index contributed by atoms with van der Waals surface area (Å²) in [6, 6.07) is 5.34.